The maximum atomic E-state index is 8.57. The number of aliphatic hydroxyl groups excluding tert-OH is 1. The maximum absolute atomic E-state index is 8.57. The smallest absolute Gasteiger partial charge is 0.175 e. The lowest BCUT2D eigenvalue weighted by Crippen LogP contribution is -2.01. The second-order valence-corrected chi connectivity index (χ2v) is 2.66. The van der Waals surface area contributed by atoms with Gasteiger partial charge in [0.25, 0.3) is 0 Å². The lowest BCUT2D eigenvalue weighted by atomic mass is 10.4. The molecular weight excluding hydrogens is 180 g/mol. The molecule has 4 nitrogen and oxygen atoms in total. The van der Waals surface area contributed by atoms with Crippen molar-refractivity contribution in [1.82, 2.24) is 9.78 Å². The van der Waals surface area contributed by atoms with Crippen molar-refractivity contribution in [2.75, 3.05) is 13.7 Å². The number of hydrogen-bond acceptors (Lipinski definition) is 3. The summed E-state index contributed by atoms with van der Waals surface area (Å²) < 4.78 is 6.52. The van der Waals surface area contributed by atoms with E-state index in [-0.39, 0.29) is 6.61 Å². The van der Waals surface area contributed by atoms with Gasteiger partial charge in [0.15, 0.2) is 10.9 Å². The molecule has 1 heterocycles. The van der Waals surface area contributed by atoms with Gasteiger partial charge >= 0.3 is 0 Å². The van der Waals surface area contributed by atoms with Gasteiger partial charge in [0.1, 0.15) is 0 Å². The Labute approximate surface area is 75.7 Å². The number of hydrogen-bond donors (Lipinski definition) is 1. The number of aromatic nitrogens is 2. The highest BCUT2D eigenvalue weighted by Gasteiger charge is 2.06. The average molecular weight is 191 g/mol. The van der Waals surface area contributed by atoms with Crippen LogP contribution in [0.25, 0.3) is 0 Å². The van der Waals surface area contributed by atoms with E-state index in [1.165, 1.54) is 0 Å². The second kappa shape index (κ2) is 4.33. The summed E-state index contributed by atoms with van der Waals surface area (Å²) in [5, 5.41) is 13.0. The van der Waals surface area contributed by atoms with Gasteiger partial charge in [0.05, 0.1) is 13.3 Å². The van der Waals surface area contributed by atoms with E-state index in [0.29, 0.717) is 23.9 Å². The maximum Gasteiger partial charge on any atom is 0.175 e. The molecule has 0 radical (unpaired) electrons. The first-order chi connectivity index (χ1) is 5.79. The number of ether oxygens (including phenoxy) is 1. The second-order valence-electron chi connectivity index (χ2n) is 2.30. The number of methoxy groups -OCH3 is 1. The Morgan fingerprint density at radius 3 is 3.00 bits per heavy atom. The largest absolute Gasteiger partial charge is 0.492 e. The average Bonchev–Trinajstić information content (AvgIpc) is 2.43. The summed E-state index contributed by atoms with van der Waals surface area (Å²) in [6.45, 7) is 0.747. The minimum atomic E-state index is 0.137. The fourth-order valence-electron chi connectivity index (χ4n) is 0.867. The first-order valence-electron chi connectivity index (χ1n) is 3.65. The summed E-state index contributed by atoms with van der Waals surface area (Å²) in [6, 6.07) is 0. The summed E-state index contributed by atoms with van der Waals surface area (Å²) in [4.78, 5) is 0. The molecule has 0 fully saturated rings. The van der Waals surface area contributed by atoms with E-state index in [2.05, 4.69) is 5.10 Å². The van der Waals surface area contributed by atoms with Crippen LogP contribution in [0.3, 0.4) is 0 Å². The molecule has 0 aliphatic heterocycles. The van der Waals surface area contributed by atoms with Gasteiger partial charge in [-0.2, -0.15) is 5.10 Å². The predicted molar refractivity (Wildman–Crippen MR) is 45.5 cm³/mol. The normalized spacial score (nSPS) is 10.2. The van der Waals surface area contributed by atoms with Crippen molar-refractivity contribution in [3.05, 3.63) is 11.3 Å². The molecule has 0 saturated heterocycles. The lowest BCUT2D eigenvalue weighted by molar-refractivity contribution is 0.277. The molecule has 1 aromatic heterocycles. The van der Waals surface area contributed by atoms with Crippen LogP contribution in [-0.2, 0) is 6.54 Å². The third-order valence-corrected chi connectivity index (χ3v) is 1.87. The molecule has 0 saturated carbocycles. The molecule has 0 aliphatic rings. The van der Waals surface area contributed by atoms with Gasteiger partial charge in [-0.25, -0.2) is 0 Å². The molecule has 5 heteroatoms. The van der Waals surface area contributed by atoms with E-state index in [1.54, 1.807) is 18.0 Å². The van der Waals surface area contributed by atoms with Crippen LogP contribution in [0.4, 0.5) is 0 Å². The summed E-state index contributed by atoms with van der Waals surface area (Å²) in [7, 11) is 1.54. The Bertz CT molecular complexity index is 250. The van der Waals surface area contributed by atoms with E-state index in [1.807, 2.05) is 0 Å². The van der Waals surface area contributed by atoms with Gasteiger partial charge in [-0.1, -0.05) is 11.6 Å². The van der Waals surface area contributed by atoms with Gasteiger partial charge in [0, 0.05) is 13.2 Å². The Morgan fingerprint density at radius 2 is 2.50 bits per heavy atom. The molecular formula is C7H11ClN2O2. The third kappa shape index (κ3) is 1.89. The third-order valence-electron chi connectivity index (χ3n) is 1.49. The minimum Gasteiger partial charge on any atom is -0.492 e. The molecule has 1 N–H and O–H groups in total. The van der Waals surface area contributed by atoms with Crippen LogP contribution >= 0.6 is 11.6 Å². The first-order valence-corrected chi connectivity index (χ1v) is 4.03. The van der Waals surface area contributed by atoms with Crippen LogP contribution in [0.5, 0.6) is 5.75 Å². The molecule has 1 rings (SSSR count). The van der Waals surface area contributed by atoms with E-state index >= 15 is 0 Å². The SMILES string of the molecule is COc1cnn(CCCO)c1Cl. The van der Waals surface area contributed by atoms with E-state index < -0.39 is 0 Å². The number of rotatable bonds is 4. The van der Waals surface area contributed by atoms with Crippen molar-refractivity contribution in [2.24, 2.45) is 0 Å². The van der Waals surface area contributed by atoms with Crippen LogP contribution in [0.15, 0.2) is 6.20 Å². The van der Waals surface area contributed by atoms with Crippen LogP contribution < -0.4 is 4.74 Å². The standard InChI is InChI=1S/C7H11ClN2O2/c1-12-6-5-9-10(7(6)8)3-2-4-11/h5,11H,2-4H2,1H3. The van der Waals surface area contributed by atoms with Crippen molar-refractivity contribution in [2.45, 2.75) is 13.0 Å². The summed E-state index contributed by atoms with van der Waals surface area (Å²) in [5.74, 6) is 0.564. The number of nitrogens with zero attached hydrogens (tertiary/aromatic N) is 2. The van der Waals surface area contributed by atoms with Crippen molar-refractivity contribution in [1.29, 1.82) is 0 Å². The molecule has 0 unspecified atom stereocenters. The van der Waals surface area contributed by atoms with Crippen molar-refractivity contribution >= 4 is 11.6 Å². The zero-order valence-corrected chi connectivity index (χ0v) is 7.58. The fourth-order valence-corrected chi connectivity index (χ4v) is 1.12. The van der Waals surface area contributed by atoms with Gasteiger partial charge in [-0.05, 0) is 6.42 Å². The topological polar surface area (TPSA) is 47.3 Å². The molecule has 0 aliphatic carbocycles. The fraction of sp³-hybridized carbons (Fsp3) is 0.571. The molecule has 0 atom stereocenters. The van der Waals surface area contributed by atoms with Gasteiger partial charge in [-0.3, -0.25) is 4.68 Å². The zero-order valence-electron chi connectivity index (χ0n) is 6.83. The number of aliphatic hydroxyl groups is 1. The number of aryl methyl sites for hydroxylation is 1. The van der Waals surface area contributed by atoms with Crippen LogP contribution in [-0.4, -0.2) is 28.6 Å². The van der Waals surface area contributed by atoms with Crippen molar-refractivity contribution in [3.63, 3.8) is 0 Å². The minimum absolute atomic E-state index is 0.137. The van der Waals surface area contributed by atoms with Crippen LogP contribution in [0, 0.1) is 0 Å². The highest BCUT2D eigenvalue weighted by atomic mass is 35.5. The molecule has 0 bridgehead atoms. The monoisotopic (exact) mass is 190 g/mol. The van der Waals surface area contributed by atoms with Crippen molar-refractivity contribution < 1.29 is 9.84 Å². The first kappa shape index (κ1) is 9.35. The van der Waals surface area contributed by atoms with Crippen LogP contribution in [0.2, 0.25) is 5.15 Å². The van der Waals surface area contributed by atoms with Gasteiger partial charge < -0.3 is 9.84 Å². The van der Waals surface area contributed by atoms with Crippen LogP contribution in [0.1, 0.15) is 6.42 Å². The molecule has 12 heavy (non-hydrogen) atoms. The Kier molecular flexibility index (Phi) is 3.37. The summed E-state index contributed by atoms with van der Waals surface area (Å²) in [5.41, 5.74) is 0. The van der Waals surface area contributed by atoms with E-state index in [9.17, 15) is 0 Å². The Morgan fingerprint density at radius 1 is 1.75 bits per heavy atom. The molecule has 0 amide bonds. The summed E-state index contributed by atoms with van der Waals surface area (Å²) >= 11 is 5.85. The van der Waals surface area contributed by atoms with E-state index in [4.69, 9.17) is 21.4 Å². The number of halogens is 1. The van der Waals surface area contributed by atoms with E-state index in [0.717, 1.165) is 0 Å². The zero-order chi connectivity index (χ0) is 8.97. The summed E-state index contributed by atoms with van der Waals surface area (Å²) in [6.07, 6.45) is 2.20. The predicted octanol–water partition coefficient (Wildman–Crippen LogP) is 0.927. The molecule has 68 valence electrons. The highest BCUT2D eigenvalue weighted by molar-refractivity contribution is 6.31. The molecule has 0 aromatic carbocycles. The molecule has 1 aromatic rings. The van der Waals surface area contributed by atoms with Crippen molar-refractivity contribution in [3.8, 4) is 5.75 Å². The molecule has 0 spiro atoms. The van der Waals surface area contributed by atoms with Gasteiger partial charge in [0.2, 0.25) is 0 Å². The Hall–Kier alpha value is -0.740. The quantitative estimate of drug-likeness (QED) is 0.769. The Balaban J connectivity index is 2.66. The lowest BCUT2D eigenvalue weighted by Gasteiger charge is -2.00. The highest BCUT2D eigenvalue weighted by Crippen LogP contribution is 2.22. The van der Waals surface area contributed by atoms with Gasteiger partial charge in [-0.15, -0.1) is 0 Å².